The van der Waals surface area contributed by atoms with Gasteiger partial charge in [-0.3, -0.25) is 15.1 Å². The number of alkyl halides is 6. The molecular formula is C17H9F6N3OS. The van der Waals surface area contributed by atoms with Crippen LogP contribution in [0.4, 0.5) is 31.5 Å². The first-order valence-electron chi connectivity index (χ1n) is 7.54. The first-order valence-corrected chi connectivity index (χ1v) is 8.35. The molecule has 0 atom stereocenters. The van der Waals surface area contributed by atoms with Gasteiger partial charge in [-0.25, -0.2) is 4.98 Å². The predicted octanol–water partition coefficient (Wildman–Crippen LogP) is 5.50. The molecule has 0 aliphatic heterocycles. The maximum absolute atomic E-state index is 13.3. The Balaban J connectivity index is 1.93. The SMILES string of the molecule is O=C(Nc1nc(-c2ccccn2)c(C(F)(F)F)s1)c1cccc(C(F)(F)F)c1. The van der Waals surface area contributed by atoms with Gasteiger partial charge in [-0.1, -0.05) is 23.5 Å². The molecule has 146 valence electrons. The van der Waals surface area contributed by atoms with Gasteiger partial charge in [-0.2, -0.15) is 26.3 Å². The minimum absolute atomic E-state index is 0.0503. The highest BCUT2D eigenvalue weighted by Crippen LogP contribution is 2.42. The molecule has 1 N–H and O–H groups in total. The number of carbonyl (C=O) groups is 1. The molecule has 11 heteroatoms. The van der Waals surface area contributed by atoms with E-state index in [-0.39, 0.29) is 22.6 Å². The van der Waals surface area contributed by atoms with E-state index in [4.69, 9.17) is 0 Å². The number of thiazole rings is 1. The quantitative estimate of drug-likeness (QED) is 0.573. The van der Waals surface area contributed by atoms with Crippen LogP contribution in [0.2, 0.25) is 0 Å². The molecule has 2 aromatic heterocycles. The fraction of sp³-hybridized carbons (Fsp3) is 0.118. The van der Waals surface area contributed by atoms with Crippen LogP contribution in [0.15, 0.2) is 48.7 Å². The number of nitrogens with one attached hydrogen (secondary N) is 1. The number of nitrogens with zero attached hydrogens (tertiary/aromatic N) is 2. The Morgan fingerprint density at radius 3 is 2.32 bits per heavy atom. The number of halogens is 6. The molecule has 0 saturated heterocycles. The summed E-state index contributed by atoms with van der Waals surface area (Å²) in [4.78, 5) is 18.7. The van der Waals surface area contributed by atoms with Gasteiger partial charge in [0.2, 0.25) is 0 Å². The summed E-state index contributed by atoms with van der Waals surface area (Å²) < 4.78 is 78.2. The summed E-state index contributed by atoms with van der Waals surface area (Å²) in [7, 11) is 0. The first kappa shape index (κ1) is 19.8. The van der Waals surface area contributed by atoms with E-state index in [1.807, 2.05) is 0 Å². The molecule has 0 aliphatic rings. The molecule has 4 nitrogen and oxygen atoms in total. The van der Waals surface area contributed by atoms with Crippen LogP contribution < -0.4 is 5.32 Å². The molecular weight excluding hydrogens is 408 g/mol. The van der Waals surface area contributed by atoms with Crippen molar-refractivity contribution in [3.63, 3.8) is 0 Å². The Morgan fingerprint density at radius 1 is 0.964 bits per heavy atom. The lowest BCUT2D eigenvalue weighted by atomic mass is 10.1. The number of hydrogen-bond acceptors (Lipinski definition) is 4. The monoisotopic (exact) mass is 417 g/mol. The zero-order valence-corrected chi connectivity index (χ0v) is 14.4. The lowest BCUT2D eigenvalue weighted by Gasteiger charge is -2.08. The van der Waals surface area contributed by atoms with Gasteiger partial charge in [0.05, 0.1) is 11.3 Å². The van der Waals surface area contributed by atoms with E-state index >= 15 is 0 Å². The van der Waals surface area contributed by atoms with E-state index < -0.39 is 39.5 Å². The number of amides is 1. The summed E-state index contributed by atoms with van der Waals surface area (Å²) in [5.41, 5.74) is -1.94. The number of anilines is 1. The Morgan fingerprint density at radius 2 is 1.71 bits per heavy atom. The van der Waals surface area contributed by atoms with Crippen LogP contribution in [-0.2, 0) is 12.4 Å². The highest BCUT2D eigenvalue weighted by Gasteiger charge is 2.38. The molecule has 0 fully saturated rings. The molecule has 3 aromatic rings. The van der Waals surface area contributed by atoms with Crippen LogP contribution in [-0.4, -0.2) is 15.9 Å². The van der Waals surface area contributed by atoms with E-state index in [1.165, 1.54) is 24.4 Å². The van der Waals surface area contributed by atoms with E-state index in [0.29, 0.717) is 6.07 Å². The largest absolute Gasteiger partial charge is 0.427 e. The summed E-state index contributed by atoms with van der Waals surface area (Å²) in [5.74, 6) is -1.01. The third kappa shape index (κ3) is 4.30. The standard InChI is InChI=1S/C17H9F6N3OS/c18-16(19,20)10-5-3-4-9(8-10)14(27)26-15-25-12(11-6-1-2-7-24-11)13(28-15)17(21,22)23/h1-8H,(H,25,26,27). The van der Waals surface area contributed by atoms with Crippen molar-refractivity contribution in [1.82, 2.24) is 9.97 Å². The zero-order valence-electron chi connectivity index (χ0n) is 13.6. The van der Waals surface area contributed by atoms with Gasteiger partial charge in [0.1, 0.15) is 10.6 Å². The van der Waals surface area contributed by atoms with E-state index in [9.17, 15) is 31.1 Å². The number of carbonyl (C=O) groups excluding carboxylic acids is 1. The van der Waals surface area contributed by atoms with Crippen molar-refractivity contribution in [3.8, 4) is 11.4 Å². The lowest BCUT2D eigenvalue weighted by molar-refractivity contribution is -0.137. The van der Waals surface area contributed by atoms with Crippen LogP contribution in [0, 0.1) is 0 Å². The summed E-state index contributed by atoms with van der Waals surface area (Å²) in [6.07, 6.45) is -8.12. The van der Waals surface area contributed by atoms with Crippen molar-refractivity contribution in [1.29, 1.82) is 0 Å². The van der Waals surface area contributed by atoms with Crippen LogP contribution in [0.1, 0.15) is 20.8 Å². The molecule has 0 aliphatic carbocycles. The van der Waals surface area contributed by atoms with Crippen molar-refractivity contribution in [2.45, 2.75) is 12.4 Å². The number of rotatable bonds is 3. The van der Waals surface area contributed by atoms with Crippen molar-refractivity contribution < 1.29 is 31.1 Å². The number of aromatic nitrogens is 2. The first-order chi connectivity index (χ1) is 13.1. The summed E-state index contributed by atoms with van der Waals surface area (Å²) >= 11 is 0.164. The van der Waals surface area contributed by atoms with Gasteiger partial charge < -0.3 is 0 Å². The minimum atomic E-state index is -4.75. The van der Waals surface area contributed by atoms with Gasteiger partial charge >= 0.3 is 12.4 Å². The molecule has 0 bridgehead atoms. The van der Waals surface area contributed by atoms with E-state index in [0.717, 1.165) is 18.2 Å². The molecule has 0 unspecified atom stereocenters. The summed E-state index contributed by atoms with van der Waals surface area (Å²) in [6, 6.07) is 7.84. The average Bonchev–Trinajstić information content (AvgIpc) is 3.06. The fourth-order valence-corrected chi connectivity index (χ4v) is 3.08. The number of hydrogen-bond donors (Lipinski definition) is 1. The normalized spacial score (nSPS) is 12.1. The number of pyridine rings is 1. The average molecular weight is 417 g/mol. The maximum atomic E-state index is 13.3. The fourth-order valence-electron chi connectivity index (χ4n) is 2.25. The van der Waals surface area contributed by atoms with Gasteiger partial charge in [0, 0.05) is 11.8 Å². The van der Waals surface area contributed by atoms with Crippen LogP contribution in [0.3, 0.4) is 0 Å². The summed E-state index contributed by atoms with van der Waals surface area (Å²) in [5, 5.41) is 1.71. The Labute approximate surface area is 157 Å². The van der Waals surface area contributed by atoms with E-state index in [1.54, 1.807) is 0 Å². The predicted molar refractivity (Wildman–Crippen MR) is 89.7 cm³/mol. The summed E-state index contributed by atoms with van der Waals surface area (Å²) in [6.45, 7) is 0. The second-order valence-electron chi connectivity index (χ2n) is 5.44. The van der Waals surface area contributed by atoms with Crippen molar-refractivity contribution in [2.24, 2.45) is 0 Å². The minimum Gasteiger partial charge on any atom is -0.298 e. The van der Waals surface area contributed by atoms with Crippen LogP contribution in [0.5, 0.6) is 0 Å². The molecule has 0 spiro atoms. The van der Waals surface area contributed by atoms with Crippen molar-refractivity contribution in [2.75, 3.05) is 5.32 Å². The second kappa shape index (κ2) is 7.23. The Hall–Kier alpha value is -2.95. The highest BCUT2D eigenvalue weighted by molar-refractivity contribution is 7.16. The van der Waals surface area contributed by atoms with Gasteiger partial charge in [-0.05, 0) is 30.3 Å². The topological polar surface area (TPSA) is 54.9 Å². The Kier molecular flexibility index (Phi) is 5.11. The lowest BCUT2D eigenvalue weighted by Crippen LogP contribution is -2.13. The van der Waals surface area contributed by atoms with Crippen LogP contribution in [0.25, 0.3) is 11.4 Å². The third-order valence-corrected chi connectivity index (χ3v) is 4.48. The molecule has 0 radical (unpaired) electrons. The Bertz CT molecular complexity index is 998. The zero-order chi connectivity index (χ0) is 20.5. The maximum Gasteiger partial charge on any atom is 0.427 e. The molecule has 1 amide bonds. The van der Waals surface area contributed by atoms with Gasteiger partial charge in [0.15, 0.2) is 5.13 Å². The van der Waals surface area contributed by atoms with Gasteiger partial charge in [-0.15, -0.1) is 0 Å². The van der Waals surface area contributed by atoms with Crippen molar-refractivity contribution in [3.05, 3.63) is 64.7 Å². The highest BCUT2D eigenvalue weighted by atomic mass is 32.1. The smallest absolute Gasteiger partial charge is 0.298 e. The van der Waals surface area contributed by atoms with Gasteiger partial charge in [0.25, 0.3) is 5.91 Å². The molecule has 28 heavy (non-hydrogen) atoms. The molecule has 0 saturated carbocycles. The molecule has 2 heterocycles. The number of benzene rings is 1. The molecule has 1 aromatic carbocycles. The van der Waals surface area contributed by atoms with E-state index in [2.05, 4.69) is 15.3 Å². The van der Waals surface area contributed by atoms with Crippen molar-refractivity contribution >= 4 is 22.4 Å². The van der Waals surface area contributed by atoms with Crippen LogP contribution >= 0.6 is 11.3 Å². The second-order valence-corrected chi connectivity index (χ2v) is 6.44. The third-order valence-electron chi connectivity index (χ3n) is 3.46. The molecule has 3 rings (SSSR count).